The summed E-state index contributed by atoms with van der Waals surface area (Å²) in [7, 11) is 4.08. The molecule has 0 aromatic heterocycles. The van der Waals surface area contributed by atoms with E-state index in [0.717, 1.165) is 36.9 Å². The van der Waals surface area contributed by atoms with E-state index in [2.05, 4.69) is 40.4 Å². The van der Waals surface area contributed by atoms with Gasteiger partial charge in [0.25, 0.3) is 0 Å². The summed E-state index contributed by atoms with van der Waals surface area (Å²) in [4.78, 5) is 6.69. The molecule has 0 spiro atoms. The molecular weight excluding hydrogens is 264 g/mol. The Bertz CT molecular complexity index is 424. The molecule has 0 aliphatic carbocycles. The molecule has 1 aromatic rings. The first kappa shape index (κ1) is 17.3. The molecule has 0 unspecified atom stereocenters. The van der Waals surface area contributed by atoms with Crippen LogP contribution in [0.15, 0.2) is 29.3 Å². The minimum absolute atomic E-state index is 0.605. The van der Waals surface area contributed by atoms with Crippen LogP contribution in [0, 0.1) is 0 Å². The van der Waals surface area contributed by atoms with E-state index in [0.29, 0.717) is 13.2 Å². The van der Waals surface area contributed by atoms with E-state index in [1.807, 2.05) is 32.3 Å². The van der Waals surface area contributed by atoms with Crippen molar-refractivity contribution in [3.05, 3.63) is 29.8 Å². The fourth-order valence-electron chi connectivity index (χ4n) is 1.79. The molecule has 0 bridgehead atoms. The van der Waals surface area contributed by atoms with Gasteiger partial charge in [-0.2, -0.15) is 0 Å². The Morgan fingerprint density at radius 1 is 1.14 bits per heavy atom. The summed E-state index contributed by atoms with van der Waals surface area (Å²) in [6, 6.07) is 8.07. The quantitative estimate of drug-likeness (QED) is 0.565. The predicted octanol–water partition coefficient (Wildman–Crippen LogP) is 1.70. The smallest absolute Gasteiger partial charge is 0.191 e. The zero-order chi connectivity index (χ0) is 15.5. The third-order valence-corrected chi connectivity index (χ3v) is 2.86. The van der Waals surface area contributed by atoms with Crippen LogP contribution in [-0.4, -0.2) is 51.2 Å². The van der Waals surface area contributed by atoms with E-state index in [9.17, 15) is 0 Å². The highest BCUT2D eigenvalue weighted by atomic mass is 16.5. The standard InChI is InChI=1S/C16H28N4O/c1-5-17-16(18-6-2)19-13-14-9-7-8-10-15(14)21-12-11-20(3)4/h7-10H,5-6,11-13H2,1-4H3,(H2,17,18,19). The second-order valence-corrected chi connectivity index (χ2v) is 4.98. The molecule has 0 atom stereocenters. The fraction of sp³-hybridized carbons (Fsp3) is 0.562. The summed E-state index contributed by atoms with van der Waals surface area (Å²) >= 11 is 0. The molecule has 0 fully saturated rings. The molecule has 0 amide bonds. The van der Waals surface area contributed by atoms with Crippen molar-refractivity contribution in [1.82, 2.24) is 15.5 Å². The molecule has 0 radical (unpaired) electrons. The number of benzene rings is 1. The lowest BCUT2D eigenvalue weighted by Gasteiger charge is -2.14. The number of likely N-dealkylation sites (N-methyl/N-ethyl adjacent to an activating group) is 1. The minimum atomic E-state index is 0.605. The Balaban J connectivity index is 2.66. The van der Waals surface area contributed by atoms with E-state index >= 15 is 0 Å². The highest BCUT2D eigenvalue weighted by Crippen LogP contribution is 2.18. The van der Waals surface area contributed by atoms with Gasteiger partial charge in [-0.1, -0.05) is 18.2 Å². The summed E-state index contributed by atoms with van der Waals surface area (Å²) in [5.74, 6) is 1.75. The lowest BCUT2D eigenvalue weighted by Crippen LogP contribution is -2.36. The fourth-order valence-corrected chi connectivity index (χ4v) is 1.79. The summed E-state index contributed by atoms with van der Waals surface area (Å²) < 4.78 is 5.85. The number of hydrogen-bond donors (Lipinski definition) is 2. The first-order chi connectivity index (χ1) is 10.2. The van der Waals surface area contributed by atoms with Crippen LogP contribution >= 0.6 is 0 Å². The number of ether oxygens (including phenoxy) is 1. The Kier molecular flexibility index (Phi) is 8.28. The maximum atomic E-state index is 5.85. The monoisotopic (exact) mass is 292 g/mol. The van der Waals surface area contributed by atoms with Gasteiger partial charge in [0.1, 0.15) is 12.4 Å². The van der Waals surface area contributed by atoms with Gasteiger partial charge < -0.3 is 20.3 Å². The Labute approximate surface area is 128 Å². The van der Waals surface area contributed by atoms with Crippen LogP contribution in [0.25, 0.3) is 0 Å². The van der Waals surface area contributed by atoms with Gasteiger partial charge in [0.15, 0.2) is 5.96 Å². The van der Waals surface area contributed by atoms with E-state index in [1.165, 1.54) is 0 Å². The van der Waals surface area contributed by atoms with Crippen molar-refractivity contribution in [3.8, 4) is 5.75 Å². The first-order valence-corrected chi connectivity index (χ1v) is 7.55. The molecule has 2 N–H and O–H groups in total. The molecule has 21 heavy (non-hydrogen) atoms. The molecule has 1 aromatic carbocycles. The number of nitrogens with zero attached hydrogens (tertiary/aromatic N) is 2. The summed E-state index contributed by atoms with van der Waals surface area (Å²) in [5, 5.41) is 6.45. The number of hydrogen-bond acceptors (Lipinski definition) is 3. The molecule has 5 nitrogen and oxygen atoms in total. The van der Waals surface area contributed by atoms with Gasteiger partial charge in [0.2, 0.25) is 0 Å². The lowest BCUT2D eigenvalue weighted by molar-refractivity contribution is 0.259. The van der Waals surface area contributed by atoms with Crippen LogP contribution in [0.3, 0.4) is 0 Å². The number of nitrogens with one attached hydrogen (secondary N) is 2. The molecule has 0 saturated heterocycles. The SMILES string of the molecule is CCNC(=NCc1ccccc1OCCN(C)C)NCC. The highest BCUT2D eigenvalue weighted by Gasteiger charge is 2.03. The number of guanidine groups is 1. The zero-order valence-corrected chi connectivity index (χ0v) is 13.6. The maximum absolute atomic E-state index is 5.85. The predicted molar refractivity (Wildman–Crippen MR) is 89.0 cm³/mol. The normalized spacial score (nSPS) is 10.3. The largest absolute Gasteiger partial charge is 0.492 e. The summed E-state index contributed by atoms with van der Waals surface area (Å²) in [6.45, 7) is 8.02. The van der Waals surface area contributed by atoms with Gasteiger partial charge in [0.05, 0.1) is 6.54 Å². The Hall–Kier alpha value is -1.75. The van der Waals surface area contributed by atoms with E-state index < -0.39 is 0 Å². The van der Waals surface area contributed by atoms with E-state index in [4.69, 9.17) is 4.74 Å². The Morgan fingerprint density at radius 3 is 2.43 bits per heavy atom. The van der Waals surface area contributed by atoms with Gasteiger partial charge in [-0.05, 0) is 34.0 Å². The van der Waals surface area contributed by atoms with Gasteiger partial charge in [0, 0.05) is 25.2 Å². The van der Waals surface area contributed by atoms with Gasteiger partial charge in [-0.15, -0.1) is 0 Å². The summed E-state index contributed by atoms with van der Waals surface area (Å²) in [5.41, 5.74) is 1.10. The van der Waals surface area contributed by atoms with E-state index in [-0.39, 0.29) is 0 Å². The topological polar surface area (TPSA) is 48.9 Å². The van der Waals surface area contributed by atoms with Gasteiger partial charge >= 0.3 is 0 Å². The Morgan fingerprint density at radius 2 is 1.81 bits per heavy atom. The van der Waals surface area contributed by atoms with Crippen LogP contribution in [-0.2, 0) is 6.54 Å². The van der Waals surface area contributed by atoms with Crippen LogP contribution in [0.2, 0.25) is 0 Å². The van der Waals surface area contributed by atoms with Crippen molar-refractivity contribution < 1.29 is 4.74 Å². The minimum Gasteiger partial charge on any atom is -0.492 e. The first-order valence-electron chi connectivity index (χ1n) is 7.55. The number of rotatable bonds is 8. The summed E-state index contributed by atoms with van der Waals surface area (Å²) in [6.07, 6.45) is 0. The van der Waals surface area contributed by atoms with Crippen LogP contribution in [0.5, 0.6) is 5.75 Å². The molecule has 5 heteroatoms. The van der Waals surface area contributed by atoms with Crippen molar-refractivity contribution in [3.63, 3.8) is 0 Å². The molecule has 0 aliphatic rings. The van der Waals surface area contributed by atoms with Crippen molar-refractivity contribution in [2.45, 2.75) is 20.4 Å². The number of para-hydroxylation sites is 1. The third-order valence-electron chi connectivity index (χ3n) is 2.86. The average Bonchev–Trinajstić information content (AvgIpc) is 2.46. The maximum Gasteiger partial charge on any atom is 0.191 e. The van der Waals surface area contributed by atoms with Gasteiger partial charge in [-0.25, -0.2) is 4.99 Å². The highest BCUT2D eigenvalue weighted by molar-refractivity contribution is 5.79. The van der Waals surface area contributed by atoms with Crippen LogP contribution < -0.4 is 15.4 Å². The van der Waals surface area contributed by atoms with Crippen LogP contribution in [0.4, 0.5) is 0 Å². The lowest BCUT2D eigenvalue weighted by atomic mass is 10.2. The molecule has 0 saturated carbocycles. The zero-order valence-electron chi connectivity index (χ0n) is 13.6. The van der Waals surface area contributed by atoms with Crippen molar-refractivity contribution in [1.29, 1.82) is 0 Å². The molecule has 118 valence electrons. The number of aliphatic imine (C=N–C) groups is 1. The van der Waals surface area contributed by atoms with Crippen molar-refractivity contribution in [2.75, 3.05) is 40.3 Å². The molecular formula is C16H28N4O. The molecule has 1 rings (SSSR count). The second kappa shape index (κ2) is 10.0. The second-order valence-electron chi connectivity index (χ2n) is 4.98. The van der Waals surface area contributed by atoms with Gasteiger partial charge in [-0.3, -0.25) is 0 Å². The molecule has 0 heterocycles. The molecule has 0 aliphatic heterocycles. The van der Waals surface area contributed by atoms with Crippen LogP contribution in [0.1, 0.15) is 19.4 Å². The van der Waals surface area contributed by atoms with Crippen molar-refractivity contribution in [2.24, 2.45) is 4.99 Å². The van der Waals surface area contributed by atoms with Crippen molar-refractivity contribution >= 4 is 5.96 Å². The third kappa shape index (κ3) is 6.99. The average molecular weight is 292 g/mol. The van der Waals surface area contributed by atoms with E-state index in [1.54, 1.807) is 0 Å².